The van der Waals surface area contributed by atoms with Crippen LogP contribution in [-0.4, -0.2) is 69.2 Å². The third-order valence-electron chi connectivity index (χ3n) is 5.70. The molecule has 1 aromatic heterocycles. The van der Waals surface area contributed by atoms with E-state index in [0.29, 0.717) is 18.1 Å². The molecule has 2 aromatic carbocycles. The van der Waals surface area contributed by atoms with Gasteiger partial charge in [-0.05, 0) is 55.3 Å². The van der Waals surface area contributed by atoms with Crippen LogP contribution in [0.2, 0.25) is 5.02 Å². The van der Waals surface area contributed by atoms with Crippen molar-refractivity contribution >= 4 is 54.0 Å². The van der Waals surface area contributed by atoms with Gasteiger partial charge in [0.05, 0.1) is 15.1 Å². The Morgan fingerprint density at radius 2 is 1.82 bits per heavy atom. The summed E-state index contributed by atoms with van der Waals surface area (Å²) in [6.07, 6.45) is 0. The fourth-order valence-corrected chi connectivity index (χ4v) is 6.32. The molecule has 33 heavy (non-hydrogen) atoms. The van der Waals surface area contributed by atoms with Gasteiger partial charge < -0.3 is 10.2 Å². The normalized spacial score (nSPS) is 15.2. The highest BCUT2D eigenvalue weighted by Gasteiger charge is 2.22. The molecule has 10 heteroatoms. The number of fused-ring (bicyclic) bond motifs is 1. The molecule has 1 saturated heterocycles. The van der Waals surface area contributed by atoms with Crippen LogP contribution in [0.1, 0.15) is 11.1 Å². The van der Waals surface area contributed by atoms with Gasteiger partial charge in [0.2, 0.25) is 5.91 Å². The molecular formula is C23H27ClN4O3S2. The minimum atomic E-state index is -3.68. The van der Waals surface area contributed by atoms with Crippen LogP contribution in [0.25, 0.3) is 10.2 Å². The predicted molar refractivity (Wildman–Crippen MR) is 134 cm³/mol. The van der Waals surface area contributed by atoms with E-state index in [4.69, 9.17) is 16.6 Å². The second kappa shape index (κ2) is 9.97. The first-order valence-corrected chi connectivity index (χ1v) is 13.7. The monoisotopic (exact) mass is 506 g/mol. The number of rotatable bonds is 7. The molecule has 7 nitrogen and oxygen atoms in total. The number of amides is 1. The van der Waals surface area contributed by atoms with E-state index >= 15 is 0 Å². The highest BCUT2D eigenvalue weighted by molar-refractivity contribution is 7.92. The topological polar surface area (TPSA) is 82.6 Å². The number of hydrogen-bond acceptors (Lipinski definition) is 7. The summed E-state index contributed by atoms with van der Waals surface area (Å²) in [6.45, 7) is 8.79. The number of thiazole rings is 1. The number of halogens is 1. The van der Waals surface area contributed by atoms with E-state index in [1.807, 2.05) is 0 Å². The van der Waals surface area contributed by atoms with Gasteiger partial charge in [0.1, 0.15) is 5.75 Å². The van der Waals surface area contributed by atoms with E-state index in [-0.39, 0.29) is 4.90 Å². The Labute approximate surface area is 203 Å². The highest BCUT2D eigenvalue weighted by Crippen LogP contribution is 2.32. The molecule has 3 aromatic rings. The lowest BCUT2D eigenvalue weighted by atomic mass is 10.1. The average molecular weight is 507 g/mol. The minimum absolute atomic E-state index is 0.0957. The number of hydrogen-bond donors (Lipinski definition) is 1. The molecule has 1 amide bonds. The summed E-state index contributed by atoms with van der Waals surface area (Å²) in [7, 11) is -3.68. The zero-order valence-electron chi connectivity index (χ0n) is 18.7. The maximum absolute atomic E-state index is 12.4. The molecule has 0 bridgehead atoms. The van der Waals surface area contributed by atoms with Crippen LogP contribution >= 0.6 is 22.9 Å². The van der Waals surface area contributed by atoms with Crippen molar-refractivity contribution in [2.75, 3.05) is 49.9 Å². The van der Waals surface area contributed by atoms with Crippen molar-refractivity contribution in [2.45, 2.75) is 18.7 Å². The van der Waals surface area contributed by atoms with Crippen LogP contribution in [0.15, 0.2) is 41.3 Å². The fourth-order valence-electron chi connectivity index (χ4n) is 3.97. The molecule has 0 spiro atoms. The van der Waals surface area contributed by atoms with Crippen LogP contribution in [0.4, 0.5) is 5.13 Å². The predicted octanol–water partition coefficient (Wildman–Crippen LogP) is 3.28. The van der Waals surface area contributed by atoms with Crippen molar-refractivity contribution in [3.63, 3.8) is 0 Å². The van der Waals surface area contributed by atoms with Crippen LogP contribution < -0.4 is 10.2 Å². The summed E-state index contributed by atoms with van der Waals surface area (Å²) in [5, 5.41) is 4.24. The van der Waals surface area contributed by atoms with E-state index in [2.05, 4.69) is 41.1 Å². The molecule has 0 unspecified atom stereocenters. The molecule has 176 valence electrons. The lowest BCUT2D eigenvalue weighted by molar-refractivity contribution is -0.118. The standard InChI is InChI=1S/C23H27ClN4O3S2/c1-16-13-17(2)22-20(14-16)26-23(32-22)28-11-9-27(10-12-28)8-7-25-21(29)15-33(30,31)19-5-3-18(24)4-6-19/h3-6,13-14H,7-12,15H2,1-2H3,(H,25,29). The first kappa shape index (κ1) is 23.9. The highest BCUT2D eigenvalue weighted by atomic mass is 35.5. The zero-order valence-corrected chi connectivity index (χ0v) is 21.1. The number of carbonyl (C=O) groups excluding carboxylic acids is 1. The van der Waals surface area contributed by atoms with E-state index < -0.39 is 21.5 Å². The molecule has 0 radical (unpaired) electrons. The van der Waals surface area contributed by atoms with Crippen LogP contribution in [0, 0.1) is 13.8 Å². The van der Waals surface area contributed by atoms with Gasteiger partial charge >= 0.3 is 0 Å². The fraction of sp³-hybridized carbons (Fsp3) is 0.391. The van der Waals surface area contributed by atoms with Crippen molar-refractivity contribution in [3.05, 3.63) is 52.5 Å². The molecule has 2 heterocycles. The Balaban J connectivity index is 1.23. The molecule has 1 N–H and O–H groups in total. The molecule has 1 aliphatic heterocycles. The third-order valence-corrected chi connectivity index (χ3v) is 8.85. The summed E-state index contributed by atoms with van der Waals surface area (Å²) in [5.41, 5.74) is 3.55. The Morgan fingerprint density at radius 3 is 2.52 bits per heavy atom. The van der Waals surface area contributed by atoms with Gasteiger partial charge in [0.25, 0.3) is 0 Å². The SMILES string of the molecule is Cc1cc(C)c2sc(N3CCN(CCNC(=O)CS(=O)(=O)c4ccc(Cl)cc4)CC3)nc2c1. The van der Waals surface area contributed by atoms with Crippen LogP contribution in [0.5, 0.6) is 0 Å². The summed E-state index contributed by atoms with van der Waals surface area (Å²) in [6, 6.07) is 10.2. The number of aromatic nitrogens is 1. The van der Waals surface area contributed by atoms with Crippen molar-refractivity contribution in [1.82, 2.24) is 15.2 Å². The molecule has 0 aliphatic carbocycles. The molecule has 1 fully saturated rings. The lowest BCUT2D eigenvalue weighted by Gasteiger charge is -2.34. The Bertz CT molecular complexity index is 1250. The van der Waals surface area contributed by atoms with Gasteiger partial charge in [0, 0.05) is 44.3 Å². The summed E-state index contributed by atoms with van der Waals surface area (Å²) in [5.74, 6) is -1.07. The van der Waals surface area contributed by atoms with Crippen LogP contribution in [0.3, 0.4) is 0 Å². The number of benzene rings is 2. The second-order valence-corrected chi connectivity index (χ2v) is 11.7. The van der Waals surface area contributed by atoms with Crippen LogP contribution in [-0.2, 0) is 14.6 Å². The number of aryl methyl sites for hydroxylation is 2. The first-order chi connectivity index (χ1) is 15.7. The summed E-state index contributed by atoms with van der Waals surface area (Å²) < 4.78 is 26.0. The smallest absolute Gasteiger partial charge is 0.235 e. The Kier molecular flexibility index (Phi) is 7.23. The maximum Gasteiger partial charge on any atom is 0.235 e. The number of carbonyl (C=O) groups is 1. The number of piperazine rings is 1. The van der Waals surface area contributed by atoms with Gasteiger partial charge in [-0.3, -0.25) is 9.69 Å². The van der Waals surface area contributed by atoms with Crippen molar-refractivity contribution in [2.24, 2.45) is 0 Å². The number of nitrogens with zero attached hydrogens (tertiary/aromatic N) is 3. The van der Waals surface area contributed by atoms with Gasteiger partial charge in [-0.15, -0.1) is 0 Å². The van der Waals surface area contributed by atoms with Gasteiger partial charge in [-0.2, -0.15) is 0 Å². The largest absolute Gasteiger partial charge is 0.354 e. The van der Waals surface area contributed by atoms with Gasteiger partial charge in [-0.1, -0.05) is 29.0 Å². The number of nitrogens with one attached hydrogen (secondary N) is 1. The molecular weight excluding hydrogens is 480 g/mol. The van der Waals surface area contributed by atoms with Gasteiger partial charge in [-0.25, -0.2) is 13.4 Å². The summed E-state index contributed by atoms with van der Waals surface area (Å²) >= 11 is 7.54. The molecule has 4 rings (SSSR count). The van der Waals surface area contributed by atoms with Crippen molar-refractivity contribution < 1.29 is 13.2 Å². The Morgan fingerprint density at radius 1 is 1.12 bits per heavy atom. The first-order valence-electron chi connectivity index (χ1n) is 10.8. The molecule has 0 atom stereocenters. The summed E-state index contributed by atoms with van der Waals surface area (Å²) in [4.78, 5) is 21.7. The zero-order chi connectivity index (χ0) is 23.6. The quantitative estimate of drug-likeness (QED) is 0.529. The van der Waals surface area contributed by atoms with E-state index in [1.54, 1.807) is 11.3 Å². The van der Waals surface area contributed by atoms with E-state index in [1.165, 1.54) is 40.1 Å². The Hall–Kier alpha value is -2.20. The molecule has 1 aliphatic rings. The second-order valence-electron chi connectivity index (χ2n) is 8.32. The lowest BCUT2D eigenvalue weighted by Crippen LogP contribution is -2.48. The van der Waals surface area contributed by atoms with Crippen molar-refractivity contribution in [3.8, 4) is 0 Å². The molecule has 0 saturated carbocycles. The van der Waals surface area contributed by atoms with E-state index in [9.17, 15) is 13.2 Å². The third kappa shape index (κ3) is 5.84. The number of anilines is 1. The van der Waals surface area contributed by atoms with Crippen molar-refractivity contribution in [1.29, 1.82) is 0 Å². The number of sulfone groups is 1. The van der Waals surface area contributed by atoms with Gasteiger partial charge in [0.15, 0.2) is 15.0 Å². The average Bonchev–Trinajstić information content (AvgIpc) is 3.18. The minimum Gasteiger partial charge on any atom is -0.354 e. The van der Waals surface area contributed by atoms with E-state index in [0.717, 1.165) is 36.8 Å². The maximum atomic E-state index is 12.4.